The van der Waals surface area contributed by atoms with E-state index >= 15 is 0 Å². The molecule has 2 aromatic carbocycles. The van der Waals surface area contributed by atoms with Crippen LogP contribution in [0.5, 0.6) is 0 Å². The first-order valence-electron chi connectivity index (χ1n) is 8.63. The normalized spacial score (nSPS) is 12.3. The van der Waals surface area contributed by atoms with Crippen LogP contribution in [0.25, 0.3) is 16.9 Å². The van der Waals surface area contributed by atoms with Crippen molar-refractivity contribution in [3.05, 3.63) is 72.1 Å². The van der Waals surface area contributed by atoms with E-state index in [9.17, 15) is 21.6 Å². The number of aromatic nitrogens is 4. The van der Waals surface area contributed by atoms with Gasteiger partial charge in [-0.25, -0.2) is 8.42 Å². The van der Waals surface area contributed by atoms with Crippen LogP contribution in [-0.2, 0) is 16.2 Å². The van der Waals surface area contributed by atoms with E-state index in [2.05, 4.69) is 20.0 Å². The van der Waals surface area contributed by atoms with Gasteiger partial charge in [0.25, 0.3) is 10.0 Å². The topological polar surface area (TPSA) is 89.2 Å². The average Bonchev–Trinajstić information content (AvgIpc) is 3.08. The summed E-state index contributed by atoms with van der Waals surface area (Å²) in [4.78, 5) is -0.484. The summed E-state index contributed by atoms with van der Waals surface area (Å²) in [5.41, 5.74) is 0.866. The van der Waals surface area contributed by atoms with Gasteiger partial charge < -0.3 is 0 Å². The van der Waals surface area contributed by atoms with Crippen LogP contribution in [0.2, 0.25) is 0 Å². The quantitative estimate of drug-likeness (QED) is 0.527. The summed E-state index contributed by atoms with van der Waals surface area (Å²) in [6.07, 6.45) is -4.64. The van der Waals surface area contributed by atoms with Crippen LogP contribution in [0, 0.1) is 6.92 Å². The Morgan fingerprint density at radius 1 is 0.967 bits per heavy atom. The molecule has 4 aromatic rings. The first-order chi connectivity index (χ1) is 14.1. The molecule has 0 aliphatic heterocycles. The van der Waals surface area contributed by atoms with Crippen LogP contribution in [-0.4, -0.2) is 28.2 Å². The zero-order valence-corrected chi connectivity index (χ0v) is 16.2. The largest absolute Gasteiger partial charge is 0.416 e. The van der Waals surface area contributed by atoms with Gasteiger partial charge >= 0.3 is 6.18 Å². The summed E-state index contributed by atoms with van der Waals surface area (Å²) in [6.45, 7) is 1.75. The van der Waals surface area contributed by atoms with E-state index in [1.807, 2.05) is 0 Å². The van der Waals surface area contributed by atoms with Gasteiger partial charge in [-0.2, -0.15) is 22.8 Å². The van der Waals surface area contributed by atoms with Crippen molar-refractivity contribution >= 4 is 21.4 Å². The molecule has 11 heteroatoms. The molecule has 7 nitrogen and oxygen atoms in total. The molecule has 0 bridgehead atoms. The molecular formula is C19H14F3N5O2S. The Morgan fingerprint density at radius 2 is 1.73 bits per heavy atom. The zero-order valence-electron chi connectivity index (χ0n) is 15.4. The third-order valence-corrected chi connectivity index (χ3v) is 5.68. The van der Waals surface area contributed by atoms with E-state index in [1.165, 1.54) is 6.07 Å². The number of hydrogen-bond acceptors (Lipinski definition) is 5. The second-order valence-corrected chi connectivity index (χ2v) is 8.13. The monoisotopic (exact) mass is 433 g/mol. The third kappa shape index (κ3) is 3.83. The minimum atomic E-state index is -4.64. The van der Waals surface area contributed by atoms with Crippen molar-refractivity contribution in [3.63, 3.8) is 0 Å². The summed E-state index contributed by atoms with van der Waals surface area (Å²) in [5.74, 6) is 0.591. The second kappa shape index (κ2) is 7.10. The Labute approximate surface area is 169 Å². The van der Waals surface area contributed by atoms with E-state index in [1.54, 1.807) is 41.8 Å². The molecule has 1 N–H and O–H groups in total. The van der Waals surface area contributed by atoms with Crippen LogP contribution in [0.1, 0.15) is 11.4 Å². The molecule has 4 rings (SSSR count). The number of nitrogens with one attached hydrogen (secondary N) is 1. The van der Waals surface area contributed by atoms with Gasteiger partial charge in [0.1, 0.15) is 0 Å². The number of nitrogens with zero attached hydrogens (tertiary/aromatic N) is 4. The molecule has 0 fully saturated rings. The summed E-state index contributed by atoms with van der Waals surface area (Å²) >= 11 is 0. The fourth-order valence-corrected chi connectivity index (χ4v) is 3.94. The second-order valence-electron chi connectivity index (χ2n) is 6.45. The average molecular weight is 433 g/mol. The van der Waals surface area contributed by atoms with Crippen LogP contribution >= 0.6 is 0 Å². The highest BCUT2D eigenvalue weighted by Gasteiger charge is 2.31. The molecule has 0 spiro atoms. The predicted octanol–water partition coefficient (Wildman–Crippen LogP) is 3.92. The number of fused-ring (bicyclic) bond motifs is 1. The molecule has 0 unspecified atom stereocenters. The number of rotatable bonds is 4. The van der Waals surface area contributed by atoms with E-state index < -0.39 is 26.7 Å². The van der Waals surface area contributed by atoms with Crippen molar-refractivity contribution in [2.75, 3.05) is 4.72 Å². The van der Waals surface area contributed by atoms with Crippen LogP contribution in [0.4, 0.5) is 18.9 Å². The molecule has 0 saturated heterocycles. The molecule has 2 aromatic heterocycles. The minimum absolute atomic E-state index is 0.187. The Hall–Kier alpha value is -3.47. The van der Waals surface area contributed by atoms with Gasteiger partial charge in [-0.3, -0.25) is 4.72 Å². The van der Waals surface area contributed by atoms with E-state index in [-0.39, 0.29) is 5.69 Å². The molecule has 0 amide bonds. The summed E-state index contributed by atoms with van der Waals surface area (Å²) in [5, 5.41) is 12.3. The van der Waals surface area contributed by atoms with E-state index in [4.69, 9.17) is 0 Å². The first-order valence-corrected chi connectivity index (χ1v) is 10.1. The smallest absolute Gasteiger partial charge is 0.280 e. The molecule has 30 heavy (non-hydrogen) atoms. The van der Waals surface area contributed by atoms with Gasteiger partial charge in [0.2, 0.25) is 0 Å². The molecule has 0 saturated carbocycles. The Balaban J connectivity index is 1.66. The lowest BCUT2D eigenvalue weighted by molar-refractivity contribution is -0.137. The summed E-state index contributed by atoms with van der Waals surface area (Å²) in [6, 6.07) is 13.4. The lowest BCUT2D eigenvalue weighted by Gasteiger charge is -2.12. The van der Waals surface area contributed by atoms with Crippen LogP contribution in [0.3, 0.4) is 0 Å². The molecule has 0 aliphatic rings. The fourth-order valence-electron chi connectivity index (χ4n) is 2.85. The highest BCUT2D eigenvalue weighted by Crippen LogP contribution is 2.31. The highest BCUT2D eigenvalue weighted by molar-refractivity contribution is 7.92. The van der Waals surface area contributed by atoms with Crippen molar-refractivity contribution < 1.29 is 21.6 Å². The number of benzene rings is 2. The molecule has 0 atom stereocenters. The number of halogens is 3. The Morgan fingerprint density at radius 3 is 2.50 bits per heavy atom. The van der Waals surface area contributed by atoms with E-state index in [0.29, 0.717) is 28.8 Å². The van der Waals surface area contributed by atoms with E-state index in [0.717, 1.165) is 18.2 Å². The van der Waals surface area contributed by atoms with Crippen molar-refractivity contribution in [1.82, 2.24) is 19.8 Å². The van der Waals surface area contributed by atoms with Gasteiger partial charge in [-0.15, -0.1) is 10.2 Å². The van der Waals surface area contributed by atoms with Gasteiger partial charge in [0.15, 0.2) is 11.5 Å². The standard InChI is InChI=1S/C19H14F3N5O2S/c1-12-23-24-18-9-8-17(25-27(12)18)13-4-2-6-15(10-13)26-30(28,29)16-7-3-5-14(11-16)19(20,21)22/h2-11,26H,1H3. The third-order valence-electron chi connectivity index (χ3n) is 4.30. The minimum Gasteiger partial charge on any atom is -0.280 e. The maximum atomic E-state index is 12.9. The molecule has 0 aliphatic carbocycles. The first kappa shape index (κ1) is 19.8. The van der Waals surface area contributed by atoms with Gasteiger partial charge in [-0.1, -0.05) is 18.2 Å². The number of sulfonamides is 1. The van der Waals surface area contributed by atoms with Gasteiger partial charge in [0, 0.05) is 11.3 Å². The van der Waals surface area contributed by atoms with Crippen LogP contribution in [0.15, 0.2) is 65.6 Å². The Bertz CT molecular complexity index is 1350. The maximum Gasteiger partial charge on any atom is 0.416 e. The van der Waals surface area contributed by atoms with Crippen molar-refractivity contribution in [1.29, 1.82) is 0 Å². The molecule has 154 valence electrons. The van der Waals surface area contributed by atoms with Crippen molar-refractivity contribution in [3.8, 4) is 11.3 Å². The number of aryl methyl sites for hydroxylation is 1. The summed E-state index contributed by atoms with van der Waals surface area (Å²) in [7, 11) is -4.22. The lowest BCUT2D eigenvalue weighted by atomic mass is 10.1. The number of hydrogen-bond donors (Lipinski definition) is 1. The van der Waals surface area contributed by atoms with Gasteiger partial charge in [0.05, 0.1) is 16.2 Å². The summed E-state index contributed by atoms with van der Waals surface area (Å²) < 4.78 is 67.8. The SMILES string of the molecule is Cc1nnc2ccc(-c3cccc(NS(=O)(=O)c4cccc(C(F)(F)F)c4)c3)nn12. The highest BCUT2D eigenvalue weighted by atomic mass is 32.2. The predicted molar refractivity (Wildman–Crippen MR) is 103 cm³/mol. The fraction of sp³-hybridized carbons (Fsp3) is 0.105. The van der Waals surface area contributed by atoms with Crippen LogP contribution < -0.4 is 4.72 Å². The molecule has 0 radical (unpaired) electrons. The van der Waals surface area contributed by atoms with Gasteiger partial charge in [-0.05, 0) is 49.4 Å². The van der Waals surface area contributed by atoms with Crippen molar-refractivity contribution in [2.24, 2.45) is 0 Å². The number of anilines is 1. The number of alkyl halides is 3. The zero-order chi connectivity index (χ0) is 21.5. The molecule has 2 heterocycles. The Kier molecular flexibility index (Phi) is 4.69. The van der Waals surface area contributed by atoms with Crippen molar-refractivity contribution in [2.45, 2.75) is 18.0 Å². The molecular weight excluding hydrogens is 419 g/mol. The maximum absolute atomic E-state index is 12.9. The lowest BCUT2D eigenvalue weighted by Crippen LogP contribution is -2.14.